The molecule has 2 aliphatic rings. The van der Waals surface area contributed by atoms with Crippen molar-refractivity contribution in [3.05, 3.63) is 0 Å². The molecule has 0 aromatic rings. The zero-order chi connectivity index (χ0) is 12.8. The third-order valence-electron chi connectivity index (χ3n) is 4.11. The molecule has 1 saturated heterocycles. The zero-order valence-corrected chi connectivity index (χ0v) is 11.5. The van der Waals surface area contributed by atoms with E-state index >= 15 is 0 Å². The van der Waals surface area contributed by atoms with Crippen LogP contribution in [-0.4, -0.2) is 49.1 Å². The number of hydrogen-bond acceptors (Lipinski definition) is 4. The fourth-order valence-electron chi connectivity index (χ4n) is 3.11. The first-order chi connectivity index (χ1) is 8.75. The molecule has 1 aliphatic carbocycles. The van der Waals surface area contributed by atoms with Crippen LogP contribution in [0.15, 0.2) is 0 Å². The van der Waals surface area contributed by atoms with Crippen molar-refractivity contribution < 1.29 is 9.84 Å². The predicted octanol–water partition coefficient (Wildman–Crippen LogP) is 1.04. The molecule has 1 heterocycles. The average Bonchev–Trinajstić information content (AvgIpc) is 2.56. The lowest BCUT2D eigenvalue weighted by Crippen LogP contribution is -2.49. The molecule has 0 amide bonds. The van der Waals surface area contributed by atoms with Gasteiger partial charge in [0.1, 0.15) is 0 Å². The van der Waals surface area contributed by atoms with Gasteiger partial charge in [-0.3, -0.25) is 0 Å². The second-order valence-corrected chi connectivity index (χ2v) is 5.84. The Morgan fingerprint density at radius 3 is 2.94 bits per heavy atom. The third-order valence-corrected chi connectivity index (χ3v) is 4.11. The van der Waals surface area contributed by atoms with Gasteiger partial charge in [0.2, 0.25) is 0 Å². The lowest BCUT2D eigenvalue weighted by Gasteiger charge is -2.30. The molecule has 3 N–H and O–H groups in total. The molecule has 1 saturated carbocycles. The van der Waals surface area contributed by atoms with Gasteiger partial charge in [-0.1, -0.05) is 19.3 Å². The van der Waals surface area contributed by atoms with Crippen LogP contribution in [0.1, 0.15) is 45.4 Å². The molecule has 4 unspecified atom stereocenters. The Labute approximate surface area is 110 Å². The van der Waals surface area contributed by atoms with Crippen molar-refractivity contribution in [1.29, 1.82) is 0 Å². The molecular weight excluding hydrogens is 228 g/mol. The summed E-state index contributed by atoms with van der Waals surface area (Å²) >= 11 is 0. The Bertz CT molecular complexity index is 232. The minimum atomic E-state index is -0.162. The van der Waals surface area contributed by atoms with E-state index in [2.05, 4.69) is 17.6 Å². The summed E-state index contributed by atoms with van der Waals surface area (Å²) in [5, 5.41) is 17.2. The number of aliphatic hydroxyl groups excluding tert-OH is 1. The highest BCUT2D eigenvalue weighted by molar-refractivity contribution is 4.83. The molecule has 0 spiro atoms. The number of rotatable bonds is 4. The topological polar surface area (TPSA) is 53.5 Å². The maximum Gasteiger partial charge on any atom is 0.0693 e. The first kappa shape index (κ1) is 14.3. The quantitative estimate of drug-likeness (QED) is 0.658. The van der Waals surface area contributed by atoms with Crippen LogP contribution in [0.5, 0.6) is 0 Å². The normalized spacial score (nSPS) is 36.0. The first-order valence-corrected chi connectivity index (χ1v) is 7.51. The Hall–Kier alpha value is -0.160. The van der Waals surface area contributed by atoms with Gasteiger partial charge in [0.25, 0.3) is 0 Å². The number of nitrogens with one attached hydrogen (secondary N) is 2. The van der Waals surface area contributed by atoms with Gasteiger partial charge in [-0.05, 0) is 26.2 Å². The molecule has 0 aromatic carbocycles. The van der Waals surface area contributed by atoms with Crippen molar-refractivity contribution in [3.8, 4) is 0 Å². The van der Waals surface area contributed by atoms with Gasteiger partial charge in [0.05, 0.1) is 19.3 Å². The summed E-state index contributed by atoms with van der Waals surface area (Å²) in [5.74, 6) is 0. The lowest BCUT2D eigenvalue weighted by atomic mass is 10.0. The number of ether oxygens (including phenoxy) is 1. The predicted molar refractivity (Wildman–Crippen MR) is 72.7 cm³/mol. The molecule has 106 valence electrons. The van der Waals surface area contributed by atoms with E-state index in [4.69, 9.17) is 4.74 Å². The Kier molecular flexibility index (Phi) is 5.89. The van der Waals surface area contributed by atoms with Crippen LogP contribution in [0.3, 0.4) is 0 Å². The van der Waals surface area contributed by atoms with Crippen molar-refractivity contribution >= 4 is 0 Å². The van der Waals surface area contributed by atoms with Crippen LogP contribution in [0, 0.1) is 0 Å². The van der Waals surface area contributed by atoms with E-state index < -0.39 is 0 Å². The molecule has 0 bridgehead atoms. The standard InChI is InChI=1S/C14H28N2O2/c1-11(9-12-10-18-8-7-15-12)16-13-5-3-2-4-6-14(13)17/h11-17H,2-10H2,1H3. The van der Waals surface area contributed by atoms with Crippen LogP contribution >= 0.6 is 0 Å². The van der Waals surface area contributed by atoms with Gasteiger partial charge in [-0.15, -0.1) is 0 Å². The third kappa shape index (κ3) is 4.50. The molecule has 4 atom stereocenters. The molecule has 0 radical (unpaired) electrons. The van der Waals surface area contributed by atoms with Crippen molar-refractivity contribution in [2.75, 3.05) is 19.8 Å². The summed E-state index contributed by atoms with van der Waals surface area (Å²) in [5.41, 5.74) is 0. The van der Waals surface area contributed by atoms with Gasteiger partial charge in [-0.2, -0.15) is 0 Å². The van der Waals surface area contributed by atoms with Crippen molar-refractivity contribution in [1.82, 2.24) is 10.6 Å². The second kappa shape index (κ2) is 7.43. The van der Waals surface area contributed by atoms with E-state index in [1.807, 2.05) is 0 Å². The fraction of sp³-hybridized carbons (Fsp3) is 1.00. The summed E-state index contributed by atoms with van der Waals surface area (Å²) in [7, 11) is 0. The van der Waals surface area contributed by atoms with E-state index in [0.29, 0.717) is 12.1 Å². The Morgan fingerprint density at radius 2 is 2.17 bits per heavy atom. The van der Waals surface area contributed by atoms with Crippen LogP contribution in [-0.2, 0) is 4.74 Å². The smallest absolute Gasteiger partial charge is 0.0693 e. The highest BCUT2D eigenvalue weighted by atomic mass is 16.5. The van der Waals surface area contributed by atoms with E-state index in [9.17, 15) is 5.11 Å². The number of morpholine rings is 1. The van der Waals surface area contributed by atoms with Gasteiger partial charge in [0, 0.05) is 24.7 Å². The number of hydrogen-bond donors (Lipinski definition) is 3. The highest BCUT2D eigenvalue weighted by Gasteiger charge is 2.24. The van der Waals surface area contributed by atoms with Crippen LogP contribution in [0.4, 0.5) is 0 Å². The zero-order valence-electron chi connectivity index (χ0n) is 11.5. The molecule has 4 heteroatoms. The molecular formula is C14H28N2O2. The summed E-state index contributed by atoms with van der Waals surface area (Å²) in [6.07, 6.45) is 6.66. The van der Waals surface area contributed by atoms with Gasteiger partial charge < -0.3 is 20.5 Å². The SMILES string of the molecule is CC(CC1COCCN1)NC1CCCCCC1O. The summed E-state index contributed by atoms with van der Waals surface area (Å²) in [6, 6.07) is 1.18. The summed E-state index contributed by atoms with van der Waals surface area (Å²) < 4.78 is 5.47. The molecule has 1 aliphatic heterocycles. The minimum absolute atomic E-state index is 0.162. The fourth-order valence-corrected chi connectivity index (χ4v) is 3.11. The van der Waals surface area contributed by atoms with Gasteiger partial charge in [-0.25, -0.2) is 0 Å². The van der Waals surface area contributed by atoms with Crippen molar-refractivity contribution in [3.63, 3.8) is 0 Å². The molecule has 2 rings (SSSR count). The van der Waals surface area contributed by atoms with E-state index in [-0.39, 0.29) is 12.1 Å². The van der Waals surface area contributed by atoms with Crippen LogP contribution < -0.4 is 10.6 Å². The highest BCUT2D eigenvalue weighted by Crippen LogP contribution is 2.19. The van der Waals surface area contributed by atoms with E-state index in [1.54, 1.807) is 0 Å². The largest absolute Gasteiger partial charge is 0.392 e. The van der Waals surface area contributed by atoms with Crippen LogP contribution in [0.2, 0.25) is 0 Å². The second-order valence-electron chi connectivity index (χ2n) is 5.84. The van der Waals surface area contributed by atoms with Gasteiger partial charge in [0.15, 0.2) is 0 Å². The van der Waals surface area contributed by atoms with E-state index in [0.717, 1.165) is 39.0 Å². The van der Waals surface area contributed by atoms with E-state index in [1.165, 1.54) is 19.3 Å². The Morgan fingerprint density at radius 1 is 1.33 bits per heavy atom. The lowest BCUT2D eigenvalue weighted by molar-refractivity contribution is 0.0674. The monoisotopic (exact) mass is 256 g/mol. The Balaban J connectivity index is 1.72. The van der Waals surface area contributed by atoms with Gasteiger partial charge >= 0.3 is 0 Å². The summed E-state index contributed by atoms with van der Waals surface area (Å²) in [4.78, 5) is 0. The molecule has 2 fully saturated rings. The minimum Gasteiger partial charge on any atom is -0.392 e. The van der Waals surface area contributed by atoms with Crippen molar-refractivity contribution in [2.24, 2.45) is 0 Å². The van der Waals surface area contributed by atoms with Crippen LogP contribution in [0.25, 0.3) is 0 Å². The average molecular weight is 256 g/mol. The molecule has 18 heavy (non-hydrogen) atoms. The molecule has 4 nitrogen and oxygen atoms in total. The summed E-state index contributed by atoms with van der Waals surface area (Å²) in [6.45, 7) is 4.83. The maximum atomic E-state index is 10.1. The van der Waals surface area contributed by atoms with Crippen molar-refractivity contribution in [2.45, 2.75) is 69.7 Å². The maximum absolute atomic E-state index is 10.1. The number of aliphatic hydroxyl groups is 1. The first-order valence-electron chi connectivity index (χ1n) is 7.51. The molecule has 0 aromatic heterocycles.